The van der Waals surface area contributed by atoms with E-state index in [-0.39, 0.29) is 0 Å². The second-order valence-corrected chi connectivity index (χ2v) is 5.06. The van der Waals surface area contributed by atoms with Crippen molar-refractivity contribution in [2.45, 2.75) is 33.1 Å². The van der Waals surface area contributed by atoms with Crippen molar-refractivity contribution in [3.8, 4) is 6.07 Å². The van der Waals surface area contributed by atoms with Gasteiger partial charge >= 0.3 is 0 Å². The number of nitriles is 1. The standard InChI is InChI=1S/C13H18N4/c1-3-13(2)5-4-6-17(10-13)12-9-15-11(7-14)8-16-12/h8-9H,3-6,10H2,1-2H3. The molecule has 1 aliphatic heterocycles. The molecule has 0 bridgehead atoms. The fraction of sp³-hybridized carbons (Fsp3) is 0.615. The smallest absolute Gasteiger partial charge is 0.158 e. The van der Waals surface area contributed by atoms with E-state index in [0.29, 0.717) is 11.1 Å². The highest BCUT2D eigenvalue weighted by Gasteiger charge is 2.29. The number of aromatic nitrogens is 2. The van der Waals surface area contributed by atoms with Gasteiger partial charge in [0.1, 0.15) is 11.9 Å². The molecule has 0 N–H and O–H groups in total. The maximum absolute atomic E-state index is 8.69. The largest absolute Gasteiger partial charge is 0.355 e. The van der Waals surface area contributed by atoms with Gasteiger partial charge in [-0.2, -0.15) is 5.26 Å². The molecule has 1 aromatic rings. The van der Waals surface area contributed by atoms with Gasteiger partial charge in [0.05, 0.1) is 12.4 Å². The Labute approximate surface area is 102 Å². The summed E-state index contributed by atoms with van der Waals surface area (Å²) < 4.78 is 0. The maximum Gasteiger partial charge on any atom is 0.158 e. The Balaban J connectivity index is 2.14. The van der Waals surface area contributed by atoms with E-state index in [1.54, 1.807) is 12.4 Å². The van der Waals surface area contributed by atoms with Crippen molar-refractivity contribution < 1.29 is 0 Å². The molecular formula is C13H18N4. The summed E-state index contributed by atoms with van der Waals surface area (Å²) in [6.07, 6.45) is 6.93. The third kappa shape index (κ3) is 2.55. The van der Waals surface area contributed by atoms with Gasteiger partial charge in [-0.1, -0.05) is 13.8 Å². The Hall–Kier alpha value is -1.63. The Morgan fingerprint density at radius 1 is 1.47 bits per heavy atom. The van der Waals surface area contributed by atoms with Gasteiger partial charge in [0.15, 0.2) is 5.69 Å². The fourth-order valence-corrected chi connectivity index (χ4v) is 2.34. The molecule has 0 aromatic carbocycles. The van der Waals surface area contributed by atoms with E-state index in [2.05, 4.69) is 28.7 Å². The Morgan fingerprint density at radius 3 is 2.88 bits per heavy atom. The summed E-state index contributed by atoms with van der Waals surface area (Å²) >= 11 is 0. The third-order valence-electron chi connectivity index (χ3n) is 3.71. The first-order chi connectivity index (χ1) is 8.17. The molecule has 1 aliphatic rings. The van der Waals surface area contributed by atoms with Crippen molar-refractivity contribution in [3.63, 3.8) is 0 Å². The van der Waals surface area contributed by atoms with Crippen molar-refractivity contribution in [2.75, 3.05) is 18.0 Å². The second kappa shape index (κ2) is 4.70. The summed E-state index contributed by atoms with van der Waals surface area (Å²) in [5.74, 6) is 0.892. The van der Waals surface area contributed by atoms with Crippen LogP contribution in [0.15, 0.2) is 12.4 Å². The van der Waals surface area contributed by atoms with Crippen molar-refractivity contribution in [1.82, 2.24) is 9.97 Å². The Bertz CT molecular complexity index is 420. The summed E-state index contributed by atoms with van der Waals surface area (Å²) in [6, 6.07) is 1.99. The molecule has 2 heterocycles. The van der Waals surface area contributed by atoms with E-state index in [0.717, 1.165) is 18.9 Å². The predicted molar refractivity (Wildman–Crippen MR) is 66.6 cm³/mol. The summed E-state index contributed by atoms with van der Waals surface area (Å²) in [4.78, 5) is 10.7. The van der Waals surface area contributed by atoms with E-state index in [1.165, 1.54) is 19.3 Å². The van der Waals surface area contributed by atoms with E-state index in [9.17, 15) is 0 Å². The molecule has 4 nitrogen and oxygen atoms in total. The van der Waals surface area contributed by atoms with E-state index < -0.39 is 0 Å². The molecule has 17 heavy (non-hydrogen) atoms. The Kier molecular flexibility index (Phi) is 3.28. The van der Waals surface area contributed by atoms with E-state index >= 15 is 0 Å². The first-order valence-corrected chi connectivity index (χ1v) is 6.14. The van der Waals surface area contributed by atoms with Crippen LogP contribution in [0.2, 0.25) is 0 Å². The molecule has 1 fully saturated rings. The molecule has 2 rings (SSSR count). The van der Waals surface area contributed by atoms with Gasteiger partial charge in [-0.05, 0) is 24.7 Å². The van der Waals surface area contributed by atoms with Gasteiger partial charge < -0.3 is 4.90 Å². The molecule has 1 aromatic heterocycles. The molecule has 90 valence electrons. The lowest BCUT2D eigenvalue weighted by atomic mass is 9.80. The van der Waals surface area contributed by atoms with Crippen molar-refractivity contribution in [1.29, 1.82) is 5.26 Å². The molecule has 1 unspecified atom stereocenters. The number of anilines is 1. The molecule has 0 spiro atoms. The van der Waals surface area contributed by atoms with Gasteiger partial charge in [-0.15, -0.1) is 0 Å². The summed E-state index contributed by atoms with van der Waals surface area (Å²) in [5, 5.41) is 8.69. The zero-order chi connectivity index (χ0) is 12.3. The number of nitrogens with zero attached hydrogens (tertiary/aromatic N) is 4. The van der Waals surface area contributed by atoms with Crippen molar-refractivity contribution in [3.05, 3.63) is 18.1 Å². The van der Waals surface area contributed by atoms with Gasteiger partial charge in [-0.3, -0.25) is 0 Å². The van der Waals surface area contributed by atoms with E-state index in [1.807, 2.05) is 6.07 Å². The lowest BCUT2D eigenvalue weighted by Gasteiger charge is -2.40. The fourth-order valence-electron chi connectivity index (χ4n) is 2.34. The van der Waals surface area contributed by atoms with Crippen LogP contribution in [0.1, 0.15) is 38.8 Å². The predicted octanol–water partition coefficient (Wildman–Crippen LogP) is 2.36. The number of piperidine rings is 1. The van der Waals surface area contributed by atoms with Crippen LogP contribution in [0, 0.1) is 16.7 Å². The molecular weight excluding hydrogens is 212 g/mol. The summed E-state index contributed by atoms with van der Waals surface area (Å²) in [6.45, 7) is 6.64. The molecule has 4 heteroatoms. The topological polar surface area (TPSA) is 52.8 Å². The zero-order valence-corrected chi connectivity index (χ0v) is 10.5. The second-order valence-electron chi connectivity index (χ2n) is 5.06. The lowest BCUT2D eigenvalue weighted by molar-refractivity contribution is 0.251. The third-order valence-corrected chi connectivity index (χ3v) is 3.71. The molecule has 1 saturated heterocycles. The summed E-state index contributed by atoms with van der Waals surface area (Å²) in [7, 11) is 0. The van der Waals surface area contributed by atoms with Crippen LogP contribution in [0.25, 0.3) is 0 Å². The maximum atomic E-state index is 8.69. The van der Waals surface area contributed by atoms with Crippen LogP contribution in [0.5, 0.6) is 0 Å². The van der Waals surface area contributed by atoms with Crippen molar-refractivity contribution in [2.24, 2.45) is 5.41 Å². The zero-order valence-electron chi connectivity index (χ0n) is 10.5. The molecule has 0 amide bonds. The highest BCUT2D eigenvalue weighted by Crippen LogP contribution is 2.33. The monoisotopic (exact) mass is 230 g/mol. The molecule has 0 saturated carbocycles. The van der Waals surface area contributed by atoms with Crippen LogP contribution >= 0.6 is 0 Å². The number of rotatable bonds is 2. The van der Waals surface area contributed by atoms with Crippen LogP contribution in [0.4, 0.5) is 5.82 Å². The van der Waals surface area contributed by atoms with Gasteiger partial charge in [0, 0.05) is 13.1 Å². The minimum absolute atomic E-state index is 0.379. The number of hydrogen-bond acceptors (Lipinski definition) is 4. The normalized spacial score (nSPS) is 24.4. The van der Waals surface area contributed by atoms with Crippen LogP contribution in [-0.4, -0.2) is 23.1 Å². The van der Waals surface area contributed by atoms with Gasteiger partial charge in [-0.25, -0.2) is 9.97 Å². The van der Waals surface area contributed by atoms with Crippen LogP contribution in [0.3, 0.4) is 0 Å². The minimum atomic E-state index is 0.379. The average Bonchev–Trinajstić information content (AvgIpc) is 2.39. The minimum Gasteiger partial charge on any atom is -0.355 e. The average molecular weight is 230 g/mol. The Morgan fingerprint density at radius 2 is 2.29 bits per heavy atom. The highest BCUT2D eigenvalue weighted by molar-refractivity contribution is 5.38. The van der Waals surface area contributed by atoms with Gasteiger partial charge in [0.2, 0.25) is 0 Å². The first kappa shape index (κ1) is 11.8. The highest BCUT2D eigenvalue weighted by atomic mass is 15.2. The molecule has 0 radical (unpaired) electrons. The van der Waals surface area contributed by atoms with E-state index in [4.69, 9.17) is 5.26 Å². The SMILES string of the molecule is CCC1(C)CCCN(c2cnc(C#N)cn2)C1. The molecule has 0 aliphatic carbocycles. The first-order valence-electron chi connectivity index (χ1n) is 6.14. The van der Waals surface area contributed by atoms with Crippen LogP contribution in [-0.2, 0) is 0 Å². The number of hydrogen-bond donors (Lipinski definition) is 0. The summed E-state index contributed by atoms with van der Waals surface area (Å²) in [5.41, 5.74) is 0.761. The molecule has 1 atom stereocenters. The van der Waals surface area contributed by atoms with Gasteiger partial charge in [0.25, 0.3) is 0 Å². The van der Waals surface area contributed by atoms with Crippen LogP contribution < -0.4 is 4.90 Å². The quantitative estimate of drug-likeness (QED) is 0.782. The lowest BCUT2D eigenvalue weighted by Crippen LogP contribution is -2.41. The van der Waals surface area contributed by atoms with Crippen molar-refractivity contribution >= 4 is 5.82 Å².